The van der Waals surface area contributed by atoms with E-state index in [4.69, 9.17) is 5.11 Å². The van der Waals surface area contributed by atoms with Crippen molar-refractivity contribution in [2.24, 2.45) is 0 Å². The molecule has 0 aromatic carbocycles. The molecular weight excluding hydrogens is 188 g/mol. The zero-order chi connectivity index (χ0) is 10.0. The maximum atomic E-state index is 10.5. The van der Waals surface area contributed by atoms with Crippen LogP contribution in [0, 0.1) is 6.92 Å². The molecule has 0 fully saturated rings. The first-order chi connectivity index (χ1) is 6.04. The average molecular weight is 200 g/mol. The lowest BCUT2D eigenvalue weighted by Gasteiger charge is -2.14. The molecule has 0 aliphatic heterocycles. The summed E-state index contributed by atoms with van der Waals surface area (Å²) >= 11 is 1.48. The van der Waals surface area contributed by atoms with E-state index in [-0.39, 0.29) is 5.92 Å². The van der Waals surface area contributed by atoms with E-state index >= 15 is 0 Å². The third kappa shape index (κ3) is 2.08. The van der Waals surface area contributed by atoms with Crippen LogP contribution in [0.4, 0.5) is 0 Å². The van der Waals surface area contributed by atoms with Crippen molar-refractivity contribution in [3.05, 3.63) is 21.9 Å². The maximum Gasteiger partial charge on any atom is 0.333 e. The van der Waals surface area contributed by atoms with Crippen molar-refractivity contribution in [1.82, 2.24) is 0 Å². The van der Waals surface area contributed by atoms with Gasteiger partial charge in [-0.15, -0.1) is 11.3 Å². The number of aliphatic hydroxyl groups excluding tert-OH is 1. The predicted molar refractivity (Wildman–Crippen MR) is 51.1 cm³/mol. The highest BCUT2D eigenvalue weighted by atomic mass is 32.1. The molecular formula is C9H12O3S. The zero-order valence-corrected chi connectivity index (χ0v) is 8.34. The van der Waals surface area contributed by atoms with E-state index in [2.05, 4.69) is 0 Å². The topological polar surface area (TPSA) is 57.5 Å². The summed E-state index contributed by atoms with van der Waals surface area (Å²) in [4.78, 5) is 11.4. The van der Waals surface area contributed by atoms with E-state index in [9.17, 15) is 9.90 Å². The summed E-state index contributed by atoms with van der Waals surface area (Å²) in [6.07, 6.45) is -1.31. The highest BCUT2D eigenvalue weighted by Crippen LogP contribution is 2.27. The average Bonchev–Trinajstić information content (AvgIpc) is 2.48. The third-order valence-electron chi connectivity index (χ3n) is 2.04. The highest BCUT2D eigenvalue weighted by Gasteiger charge is 2.24. The maximum absolute atomic E-state index is 10.5. The molecule has 0 aliphatic carbocycles. The Labute approximate surface area is 80.6 Å². The Morgan fingerprint density at radius 2 is 2.23 bits per heavy atom. The van der Waals surface area contributed by atoms with Gasteiger partial charge in [-0.2, -0.15) is 0 Å². The lowest BCUT2D eigenvalue weighted by Crippen LogP contribution is -2.25. The minimum Gasteiger partial charge on any atom is -0.479 e. The number of hydrogen-bond donors (Lipinski definition) is 2. The van der Waals surface area contributed by atoms with Crippen LogP contribution in [0.2, 0.25) is 0 Å². The molecule has 1 heterocycles. The number of rotatable bonds is 3. The first-order valence-corrected chi connectivity index (χ1v) is 4.87. The summed E-state index contributed by atoms with van der Waals surface area (Å²) in [5.74, 6) is -1.50. The Morgan fingerprint density at radius 3 is 2.62 bits per heavy atom. The van der Waals surface area contributed by atoms with Gasteiger partial charge in [-0.1, -0.05) is 6.92 Å². The molecule has 1 aromatic heterocycles. The van der Waals surface area contributed by atoms with Crippen molar-refractivity contribution < 1.29 is 15.0 Å². The summed E-state index contributed by atoms with van der Waals surface area (Å²) in [5, 5.41) is 19.8. The molecule has 4 heteroatoms. The lowest BCUT2D eigenvalue weighted by molar-refractivity contribution is -0.147. The second kappa shape index (κ2) is 3.89. The van der Waals surface area contributed by atoms with Crippen LogP contribution >= 0.6 is 11.3 Å². The van der Waals surface area contributed by atoms with Crippen molar-refractivity contribution in [2.45, 2.75) is 25.9 Å². The van der Waals surface area contributed by atoms with E-state index in [1.807, 2.05) is 18.4 Å². The van der Waals surface area contributed by atoms with E-state index < -0.39 is 12.1 Å². The minimum atomic E-state index is -1.31. The predicted octanol–water partition coefficient (Wildman–Crippen LogP) is 1.61. The Kier molecular flexibility index (Phi) is 3.06. The molecule has 0 bridgehead atoms. The lowest BCUT2D eigenvalue weighted by atomic mass is 10.0. The van der Waals surface area contributed by atoms with E-state index in [1.165, 1.54) is 11.3 Å². The number of thiophene rings is 1. The van der Waals surface area contributed by atoms with Crippen LogP contribution in [-0.4, -0.2) is 22.3 Å². The van der Waals surface area contributed by atoms with Gasteiger partial charge in [0.2, 0.25) is 0 Å². The Balaban J connectivity index is 2.85. The van der Waals surface area contributed by atoms with Crippen molar-refractivity contribution in [1.29, 1.82) is 0 Å². The normalized spacial score (nSPS) is 15.3. The van der Waals surface area contributed by atoms with E-state index in [0.29, 0.717) is 0 Å². The Hall–Kier alpha value is -0.870. The second-order valence-corrected chi connectivity index (χ2v) is 3.99. The molecule has 13 heavy (non-hydrogen) atoms. The Morgan fingerprint density at radius 1 is 1.62 bits per heavy atom. The molecule has 0 radical (unpaired) electrons. The van der Waals surface area contributed by atoms with Crippen molar-refractivity contribution in [3.8, 4) is 0 Å². The van der Waals surface area contributed by atoms with Crippen LogP contribution in [0.3, 0.4) is 0 Å². The molecule has 2 atom stereocenters. The van der Waals surface area contributed by atoms with Crippen LogP contribution in [0.1, 0.15) is 23.3 Å². The number of aliphatic carboxylic acids is 1. The molecule has 0 amide bonds. The van der Waals surface area contributed by atoms with E-state index in [0.717, 1.165) is 10.4 Å². The van der Waals surface area contributed by atoms with Crippen molar-refractivity contribution >= 4 is 17.3 Å². The molecule has 1 aromatic rings. The van der Waals surface area contributed by atoms with Crippen LogP contribution in [0.25, 0.3) is 0 Å². The summed E-state index contributed by atoms with van der Waals surface area (Å²) in [5.41, 5.74) is 1.04. The molecule has 0 saturated carbocycles. The van der Waals surface area contributed by atoms with Crippen molar-refractivity contribution in [2.75, 3.05) is 0 Å². The number of aliphatic hydroxyl groups is 1. The molecule has 72 valence electrons. The second-order valence-electron chi connectivity index (χ2n) is 3.04. The first-order valence-electron chi connectivity index (χ1n) is 3.99. The minimum absolute atomic E-state index is 0.336. The van der Waals surface area contributed by atoms with Gasteiger partial charge in [-0.25, -0.2) is 4.79 Å². The van der Waals surface area contributed by atoms with Gasteiger partial charge in [0.15, 0.2) is 6.10 Å². The number of hydrogen-bond acceptors (Lipinski definition) is 3. The smallest absolute Gasteiger partial charge is 0.333 e. The van der Waals surface area contributed by atoms with Gasteiger partial charge in [0.25, 0.3) is 0 Å². The largest absolute Gasteiger partial charge is 0.479 e. The number of aryl methyl sites for hydroxylation is 1. The molecule has 0 saturated heterocycles. The van der Waals surface area contributed by atoms with Gasteiger partial charge in [-0.3, -0.25) is 0 Å². The van der Waals surface area contributed by atoms with Crippen LogP contribution < -0.4 is 0 Å². The van der Waals surface area contributed by atoms with Gasteiger partial charge in [0.1, 0.15) is 0 Å². The first kappa shape index (κ1) is 10.2. The Bertz CT molecular complexity index is 306. The molecule has 1 rings (SSSR count). The zero-order valence-electron chi connectivity index (χ0n) is 7.52. The summed E-state index contributed by atoms with van der Waals surface area (Å²) in [6, 6.07) is 1.92. The third-order valence-corrected chi connectivity index (χ3v) is 3.26. The summed E-state index contributed by atoms with van der Waals surface area (Å²) in [6.45, 7) is 3.63. The van der Waals surface area contributed by atoms with Gasteiger partial charge >= 0.3 is 5.97 Å². The number of carboxylic acids is 1. The fraction of sp³-hybridized carbons (Fsp3) is 0.444. The fourth-order valence-electron chi connectivity index (χ4n) is 1.21. The standard InChI is InChI=1S/C9H12O3S/c1-5-3-4-13-8(5)6(2)7(10)9(11)12/h3-4,6-7,10H,1-2H3,(H,11,12). The van der Waals surface area contributed by atoms with Crippen molar-refractivity contribution in [3.63, 3.8) is 0 Å². The fourth-order valence-corrected chi connectivity index (χ4v) is 2.22. The van der Waals surface area contributed by atoms with Crippen LogP contribution in [0.5, 0.6) is 0 Å². The summed E-state index contributed by atoms with van der Waals surface area (Å²) in [7, 11) is 0. The highest BCUT2D eigenvalue weighted by molar-refractivity contribution is 7.10. The molecule has 2 N–H and O–H groups in total. The van der Waals surface area contributed by atoms with Gasteiger partial charge < -0.3 is 10.2 Å². The van der Waals surface area contributed by atoms with Gasteiger partial charge in [0.05, 0.1) is 0 Å². The SMILES string of the molecule is Cc1ccsc1C(C)C(O)C(=O)O. The monoisotopic (exact) mass is 200 g/mol. The van der Waals surface area contributed by atoms with Gasteiger partial charge in [0, 0.05) is 10.8 Å². The van der Waals surface area contributed by atoms with Crippen LogP contribution in [-0.2, 0) is 4.79 Å². The quantitative estimate of drug-likeness (QED) is 0.779. The number of carbonyl (C=O) groups is 1. The van der Waals surface area contributed by atoms with E-state index in [1.54, 1.807) is 6.92 Å². The molecule has 2 unspecified atom stereocenters. The number of carboxylic acid groups (broad SMARTS) is 1. The van der Waals surface area contributed by atoms with Crippen LogP contribution in [0.15, 0.2) is 11.4 Å². The molecule has 0 spiro atoms. The van der Waals surface area contributed by atoms with Gasteiger partial charge in [-0.05, 0) is 23.9 Å². The molecule has 0 aliphatic rings. The summed E-state index contributed by atoms with van der Waals surface area (Å²) < 4.78 is 0. The molecule has 3 nitrogen and oxygen atoms in total.